The summed E-state index contributed by atoms with van der Waals surface area (Å²) in [6.07, 6.45) is 7.28. The van der Waals surface area contributed by atoms with Crippen molar-refractivity contribution in [2.75, 3.05) is 0 Å². The topological polar surface area (TPSA) is 47.8 Å². The van der Waals surface area contributed by atoms with Gasteiger partial charge in [0.25, 0.3) is 5.56 Å². The van der Waals surface area contributed by atoms with Crippen LogP contribution < -0.4 is 5.56 Å². The predicted molar refractivity (Wildman–Crippen MR) is 97.6 cm³/mol. The Morgan fingerprint density at radius 1 is 1.27 bits per heavy atom. The van der Waals surface area contributed by atoms with Crippen molar-refractivity contribution in [3.8, 4) is 0 Å². The second kappa shape index (κ2) is 6.39. The Kier molecular flexibility index (Phi) is 4.33. The first kappa shape index (κ1) is 14.9. The van der Waals surface area contributed by atoms with E-state index in [-0.39, 0.29) is 5.56 Å². The lowest BCUT2D eigenvalue weighted by Gasteiger charge is -2.09. The minimum Gasteiger partial charge on any atom is -0.293 e. The Morgan fingerprint density at radius 2 is 2.14 bits per heavy atom. The molecule has 110 valence electrons. The number of pyridine rings is 1. The van der Waals surface area contributed by atoms with Crippen molar-refractivity contribution in [1.82, 2.24) is 14.5 Å². The van der Waals surface area contributed by atoms with Gasteiger partial charge in [0.05, 0.1) is 10.9 Å². The number of aromatic nitrogens is 3. The summed E-state index contributed by atoms with van der Waals surface area (Å²) < 4.78 is 2.72. The molecule has 0 bridgehead atoms. The van der Waals surface area contributed by atoms with Crippen LogP contribution in [0, 0.1) is 3.57 Å². The first-order valence-corrected chi connectivity index (χ1v) is 8.05. The fraction of sp³-hybridized carbons (Fsp3) is 0.118. The molecular weight excluding hydrogens is 389 g/mol. The number of hydrogen-bond donors (Lipinski definition) is 0. The van der Waals surface area contributed by atoms with Gasteiger partial charge >= 0.3 is 0 Å². The molecule has 0 radical (unpaired) electrons. The van der Waals surface area contributed by atoms with Crippen LogP contribution >= 0.6 is 22.6 Å². The number of hydrogen-bond acceptors (Lipinski definition) is 3. The van der Waals surface area contributed by atoms with Crippen LogP contribution in [0.1, 0.15) is 18.3 Å². The maximum Gasteiger partial charge on any atom is 0.261 e. The van der Waals surface area contributed by atoms with Crippen molar-refractivity contribution in [1.29, 1.82) is 0 Å². The van der Waals surface area contributed by atoms with Crippen LogP contribution in [0.25, 0.3) is 23.1 Å². The van der Waals surface area contributed by atoms with Crippen molar-refractivity contribution in [2.45, 2.75) is 13.5 Å². The molecule has 1 aromatic carbocycles. The van der Waals surface area contributed by atoms with Gasteiger partial charge in [-0.2, -0.15) is 0 Å². The molecule has 4 nitrogen and oxygen atoms in total. The molecule has 3 aromatic rings. The van der Waals surface area contributed by atoms with Gasteiger partial charge in [0.2, 0.25) is 0 Å². The monoisotopic (exact) mass is 403 g/mol. The Bertz CT molecular complexity index is 901. The Morgan fingerprint density at radius 3 is 2.86 bits per heavy atom. The summed E-state index contributed by atoms with van der Waals surface area (Å²) in [6.45, 7) is 2.53. The number of rotatable bonds is 3. The highest BCUT2D eigenvalue weighted by Gasteiger charge is 2.08. The van der Waals surface area contributed by atoms with Crippen molar-refractivity contribution in [3.05, 3.63) is 68.0 Å². The average Bonchev–Trinajstić information content (AvgIpc) is 2.55. The molecule has 0 saturated carbocycles. The summed E-state index contributed by atoms with van der Waals surface area (Å²) in [5.74, 6) is 0.657. The SMILES string of the molecule is CCn1c(/C=C/c2cccnc2)nc2ccc(I)cc2c1=O. The van der Waals surface area contributed by atoms with E-state index in [4.69, 9.17) is 0 Å². The van der Waals surface area contributed by atoms with E-state index in [2.05, 4.69) is 32.6 Å². The largest absolute Gasteiger partial charge is 0.293 e. The number of nitrogens with zero attached hydrogens (tertiary/aromatic N) is 3. The molecule has 22 heavy (non-hydrogen) atoms. The van der Waals surface area contributed by atoms with Crippen LogP contribution in [0.4, 0.5) is 0 Å². The highest BCUT2D eigenvalue weighted by molar-refractivity contribution is 14.1. The maximum absolute atomic E-state index is 12.6. The lowest BCUT2D eigenvalue weighted by atomic mass is 10.2. The van der Waals surface area contributed by atoms with Gasteiger partial charge in [0.1, 0.15) is 5.82 Å². The molecule has 0 fully saturated rings. The molecule has 0 unspecified atom stereocenters. The summed E-state index contributed by atoms with van der Waals surface area (Å²) in [6, 6.07) is 9.57. The van der Waals surface area contributed by atoms with Crippen molar-refractivity contribution < 1.29 is 0 Å². The molecule has 2 aromatic heterocycles. The molecule has 0 amide bonds. The van der Waals surface area contributed by atoms with Crippen LogP contribution in [-0.2, 0) is 6.54 Å². The van der Waals surface area contributed by atoms with Crippen molar-refractivity contribution in [2.24, 2.45) is 0 Å². The van der Waals surface area contributed by atoms with Gasteiger partial charge in [-0.25, -0.2) is 4.98 Å². The third-order valence-corrected chi connectivity index (χ3v) is 4.04. The summed E-state index contributed by atoms with van der Waals surface area (Å²) in [7, 11) is 0. The van der Waals surface area contributed by atoms with Gasteiger partial charge in [-0.15, -0.1) is 0 Å². The zero-order valence-corrected chi connectivity index (χ0v) is 14.2. The minimum absolute atomic E-state index is 0.00291. The summed E-state index contributed by atoms with van der Waals surface area (Å²) in [4.78, 5) is 21.3. The Labute approximate surface area is 141 Å². The molecule has 5 heteroatoms. The lowest BCUT2D eigenvalue weighted by molar-refractivity contribution is 0.708. The first-order valence-electron chi connectivity index (χ1n) is 6.97. The minimum atomic E-state index is -0.00291. The normalized spacial score (nSPS) is 11.4. The van der Waals surface area contributed by atoms with Crippen LogP contribution in [0.3, 0.4) is 0 Å². The Balaban J connectivity index is 2.15. The highest BCUT2D eigenvalue weighted by atomic mass is 127. The lowest BCUT2D eigenvalue weighted by Crippen LogP contribution is -2.23. The third-order valence-electron chi connectivity index (χ3n) is 3.37. The van der Waals surface area contributed by atoms with E-state index < -0.39 is 0 Å². The van der Waals surface area contributed by atoms with Gasteiger partial charge in [-0.1, -0.05) is 6.07 Å². The molecule has 0 aliphatic heterocycles. The molecule has 0 spiro atoms. The smallest absolute Gasteiger partial charge is 0.261 e. The first-order chi connectivity index (χ1) is 10.7. The van der Waals surface area contributed by atoms with Crippen LogP contribution in [0.15, 0.2) is 47.5 Å². The average molecular weight is 403 g/mol. The van der Waals surface area contributed by atoms with E-state index in [9.17, 15) is 4.79 Å². The van der Waals surface area contributed by atoms with Gasteiger partial charge in [-0.3, -0.25) is 14.3 Å². The predicted octanol–water partition coefficient (Wildman–Crippen LogP) is 3.59. The number of halogens is 1. The molecule has 0 aliphatic rings. The molecule has 0 N–H and O–H groups in total. The van der Waals surface area contributed by atoms with E-state index in [1.807, 2.05) is 49.4 Å². The fourth-order valence-electron chi connectivity index (χ4n) is 2.29. The van der Waals surface area contributed by atoms with E-state index in [1.54, 1.807) is 17.0 Å². The van der Waals surface area contributed by atoms with Gasteiger partial charge in [0, 0.05) is 22.5 Å². The van der Waals surface area contributed by atoms with Crippen LogP contribution in [-0.4, -0.2) is 14.5 Å². The quantitative estimate of drug-likeness (QED) is 0.629. The Hall–Kier alpha value is -2.02. The van der Waals surface area contributed by atoms with E-state index in [1.165, 1.54) is 0 Å². The molecule has 0 atom stereocenters. The van der Waals surface area contributed by atoms with Gasteiger partial charge < -0.3 is 0 Å². The molecule has 0 aliphatic carbocycles. The highest BCUT2D eigenvalue weighted by Crippen LogP contribution is 2.14. The fourth-order valence-corrected chi connectivity index (χ4v) is 2.78. The number of benzene rings is 1. The van der Waals surface area contributed by atoms with Crippen molar-refractivity contribution >= 4 is 45.6 Å². The second-order valence-corrected chi connectivity index (χ2v) is 6.05. The van der Waals surface area contributed by atoms with Crippen LogP contribution in [0.5, 0.6) is 0 Å². The maximum atomic E-state index is 12.6. The number of fused-ring (bicyclic) bond motifs is 1. The van der Waals surface area contributed by atoms with E-state index in [0.29, 0.717) is 17.8 Å². The third kappa shape index (κ3) is 2.94. The standard InChI is InChI=1S/C17H14IN3O/c1-2-21-16(8-5-12-4-3-9-19-11-12)20-15-7-6-13(18)10-14(15)17(21)22/h3-11H,2H2,1H3/b8-5+. The van der Waals surface area contributed by atoms with Crippen molar-refractivity contribution in [3.63, 3.8) is 0 Å². The van der Waals surface area contributed by atoms with Gasteiger partial charge in [0.15, 0.2) is 0 Å². The van der Waals surface area contributed by atoms with Gasteiger partial charge in [-0.05, 0) is 71.5 Å². The van der Waals surface area contributed by atoms with E-state index in [0.717, 1.165) is 14.7 Å². The summed E-state index contributed by atoms with van der Waals surface area (Å²) in [5, 5.41) is 0.660. The molecular formula is C17H14IN3O. The van der Waals surface area contributed by atoms with E-state index >= 15 is 0 Å². The zero-order chi connectivity index (χ0) is 15.5. The van der Waals surface area contributed by atoms with Crippen LogP contribution in [0.2, 0.25) is 0 Å². The molecule has 2 heterocycles. The molecule has 3 rings (SSSR count). The second-order valence-electron chi connectivity index (χ2n) is 4.80. The zero-order valence-electron chi connectivity index (χ0n) is 12.0. The summed E-state index contributed by atoms with van der Waals surface area (Å²) >= 11 is 2.20. The molecule has 0 saturated heterocycles. The summed E-state index contributed by atoms with van der Waals surface area (Å²) in [5.41, 5.74) is 1.69.